The Bertz CT molecular complexity index is 580. The topological polar surface area (TPSA) is 42.7 Å². The van der Waals surface area contributed by atoms with Crippen LogP contribution >= 0.6 is 11.3 Å². The fourth-order valence-corrected chi connectivity index (χ4v) is 4.03. The first-order chi connectivity index (χ1) is 9.65. The van der Waals surface area contributed by atoms with E-state index in [1.807, 2.05) is 6.20 Å². The SMILES string of the molecule is Cc1nc(C)c(C(C)n2ccnc2NC2CCCC2)s1. The van der Waals surface area contributed by atoms with Gasteiger partial charge in [0, 0.05) is 18.4 Å². The van der Waals surface area contributed by atoms with Gasteiger partial charge in [0.05, 0.1) is 21.6 Å². The summed E-state index contributed by atoms with van der Waals surface area (Å²) in [6, 6.07) is 0.875. The minimum Gasteiger partial charge on any atom is -0.353 e. The highest BCUT2D eigenvalue weighted by atomic mass is 32.1. The standard InChI is InChI=1S/C15H22N4S/c1-10-14(20-12(3)17-10)11(2)19-9-8-16-15(19)18-13-6-4-5-7-13/h8-9,11,13H,4-7H2,1-3H3,(H,16,18). The highest BCUT2D eigenvalue weighted by Crippen LogP contribution is 2.30. The first-order valence-electron chi connectivity index (χ1n) is 7.38. The first-order valence-corrected chi connectivity index (χ1v) is 8.20. The summed E-state index contributed by atoms with van der Waals surface area (Å²) in [4.78, 5) is 10.4. The Balaban J connectivity index is 1.83. The molecule has 0 spiro atoms. The molecular weight excluding hydrogens is 268 g/mol. The van der Waals surface area contributed by atoms with E-state index in [2.05, 4.69) is 46.8 Å². The molecule has 1 fully saturated rings. The quantitative estimate of drug-likeness (QED) is 0.928. The van der Waals surface area contributed by atoms with E-state index in [0.29, 0.717) is 6.04 Å². The van der Waals surface area contributed by atoms with Gasteiger partial charge in [0.2, 0.25) is 5.95 Å². The first kappa shape index (κ1) is 13.6. The van der Waals surface area contributed by atoms with Crippen LogP contribution in [0.2, 0.25) is 0 Å². The monoisotopic (exact) mass is 290 g/mol. The van der Waals surface area contributed by atoms with Crippen molar-refractivity contribution in [2.75, 3.05) is 5.32 Å². The molecule has 5 heteroatoms. The largest absolute Gasteiger partial charge is 0.353 e. The number of anilines is 1. The molecule has 1 aliphatic rings. The summed E-state index contributed by atoms with van der Waals surface area (Å²) in [5.41, 5.74) is 1.14. The van der Waals surface area contributed by atoms with E-state index in [1.54, 1.807) is 11.3 Å². The predicted octanol–water partition coefficient (Wildman–Crippen LogP) is 3.92. The normalized spacial score (nSPS) is 17.6. The van der Waals surface area contributed by atoms with Gasteiger partial charge in [-0.2, -0.15) is 0 Å². The van der Waals surface area contributed by atoms with Crippen LogP contribution in [0.15, 0.2) is 12.4 Å². The molecule has 2 aromatic rings. The summed E-state index contributed by atoms with van der Waals surface area (Å²) in [5, 5.41) is 4.74. The number of aromatic nitrogens is 3. The summed E-state index contributed by atoms with van der Waals surface area (Å²) in [7, 11) is 0. The molecule has 0 saturated heterocycles. The Morgan fingerprint density at radius 1 is 1.35 bits per heavy atom. The van der Waals surface area contributed by atoms with Crippen molar-refractivity contribution in [3.05, 3.63) is 28.0 Å². The summed E-state index contributed by atoms with van der Waals surface area (Å²) in [6.07, 6.45) is 9.15. The Labute approximate surface area is 124 Å². The summed E-state index contributed by atoms with van der Waals surface area (Å²) >= 11 is 1.78. The van der Waals surface area contributed by atoms with Crippen molar-refractivity contribution < 1.29 is 0 Å². The molecule has 2 heterocycles. The smallest absolute Gasteiger partial charge is 0.203 e. The molecule has 1 aliphatic carbocycles. The number of imidazole rings is 1. The molecule has 108 valence electrons. The number of aryl methyl sites for hydroxylation is 2. The van der Waals surface area contributed by atoms with Crippen molar-refractivity contribution in [1.29, 1.82) is 0 Å². The fourth-order valence-electron chi connectivity index (χ4n) is 3.05. The molecular formula is C15H22N4S. The van der Waals surface area contributed by atoms with Crippen LogP contribution in [0.1, 0.15) is 54.2 Å². The van der Waals surface area contributed by atoms with Crippen LogP contribution in [-0.2, 0) is 0 Å². The molecule has 1 unspecified atom stereocenters. The summed E-state index contributed by atoms with van der Waals surface area (Å²) < 4.78 is 2.23. The Morgan fingerprint density at radius 3 is 2.75 bits per heavy atom. The zero-order chi connectivity index (χ0) is 14.1. The van der Waals surface area contributed by atoms with Gasteiger partial charge >= 0.3 is 0 Å². The lowest BCUT2D eigenvalue weighted by molar-refractivity contribution is 0.635. The van der Waals surface area contributed by atoms with Gasteiger partial charge < -0.3 is 9.88 Å². The van der Waals surface area contributed by atoms with Crippen LogP contribution in [0.4, 0.5) is 5.95 Å². The third-order valence-corrected chi connectivity index (χ3v) is 5.34. The van der Waals surface area contributed by atoms with Gasteiger partial charge in [-0.15, -0.1) is 11.3 Å². The number of hydrogen-bond donors (Lipinski definition) is 1. The van der Waals surface area contributed by atoms with Crippen LogP contribution in [0.5, 0.6) is 0 Å². The van der Waals surface area contributed by atoms with Crippen LogP contribution in [0.3, 0.4) is 0 Å². The molecule has 4 nitrogen and oxygen atoms in total. The van der Waals surface area contributed by atoms with E-state index in [4.69, 9.17) is 0 Å². The molecule has 20 heavy (non-hydrogen) atoms. The second kappa shape index (κ2) is 5.56. The highest BCUT2D eigenvalue weighted by molar-refractivity contribution is 7.11. The average molecular weight is 290 g/mol. The molecule has 2 aromatic heterocycles. The van der Waals surface area contributed by atoms with Crippen LogP contribution in [0, 0.1) is 13.8 Å². The highest BCUT2D eigenvalue weighted by Gasteiger charge is 2.20. The second-order valence-corrected chi connectivity index (χ2v) is 6.88. The maximum absolute atomic E-state index is 4.54. The average Bonchev–Trinajstić information content (AvgIpc) is 3.11. The van der Waals surface area contributed by atoms with Gasteiger partial charge in [0.25, 0.3) is 0 Å². The molecule has 3 rings (SSSR count). The van der Waals surface area contributed by atoms with Crippen LogP contribution in [0.25, 0.3) is 0 Å². The number of hydrogen-bond acceptors (Lipinski definition) is 4. The van der Waals surface area contributed by atoms with Crippen molar-refractivity contribution in [2.45, 2.75) is 58.5 Å². The van der Waals surface area contributed by atoms with Crippen molar-refractivity contribution in [2.24, 2.45) is 0 Å². The van der Waals surface area contributed by atoms with E-state index in [0.717, 1.165) is 16.6 Å². The van der Waals surface area contributed by atoms with Crippen LogP contribution < -0.4 is 5.32 Å². The van der Waals surface area contributed by atoms with Crippen molar-refractivity contribution in [1.82, 2.24) is 14.5 Å². The number of nitrogens with one attached hydrogen (secondary N) is 1. The summed E-state index contributed by atoms with van der Waals surface area (Å²) in [6.45, 7) is 6.39. The van der Waals surface area contributed by atoms with Crippen molar-refractivity contribution in [3.63, 3.8) is 0 Å². The van der Waals surface area contributed by atoms with E-state index < -0.39 is 0 Å². The van der Waals surface area contributed by atoms with E-state index in [1.165, 1.54) is 30.6 Å². The Hall–Kier alpha value is -1.36. The molecule has 1 N–H and O–H groups in total. The fraction of sp³-hybridized carbons (Fsp3) is 0.600. The van der Waals surface area contributed by atoms with E-state index in [-0.39, 0.29) is 6.04 Å². The van der Waals surface area contributed by atoms with Gasteiger partial charge in [0.1, 0.15) is 0 Å². The maximum Gasteiger partial charge on any atom is 0.203 e. The third kappa shape index (κ3) is 2.59. The van der Waals surface area contributed by atoms with E-state index >= 15 is 0 Å². The lowest BCUT2D eigenvalue weighted by Crippen LogP contribution is -2.19. The maximum atomic E-state index is 4.54. The molecule has 1 atom stereocenters. The lowest BCUT2D eigenvalue weighted by Gasteiger charge is -2.19. The molecule has 0 bridgehead atoms. The van der Waals surface area contributed by atoms with Gasteiger partial charge in [-0.3, -0.25) is 0 Å². The number of rotatable bonds is 4. The zero-order valence-corrected chi connectivity index (χ0v) is 13.2. The van der Waals surface area contributed by atoms with Gasteiger partial charge in [0.15, 0.2) is 0 Å². The lowest BCUT2D eigenvalue weighted by atomic mass is 10.2. The molecule has 0 radical (unpaired) electrons. The van der Waals surface area contributed by atoms with Gasteiger partial charge in [-0.1, -0.05) is 12.8 Å². The molecule has 0 aromatic carbocycles. The zero-order valence-electron chi connectivity index (χ0n) is 12.4. The van der Waals surface area contributed by atoms with Gasteiger partial charge in [-0.05, 0) is 33.6 Å². The number of thiazole rings is 1. The van der Waals surface area contributed by atoms with E-state index in [9.17, 15) is 0 Å². The van der Waals surface area contributed by atoms with Gasteiger partial charge in [-0.25, -0.2) is 9.97 Å². The minimum absolute atomic E-state index is 0.285. The molecule has 0 aliphatic heterocycles. The Morgan fingerprint density at radius 2 is 2.10 bits per heavy atom. The Kier molecular flexibility index (Phi) is 3.78. The summed E-state index contributed by atoms with van der Waals surface area (Å²) in [5.74, 6) is 0.995. The van der Waals surface area contributed by atoms with Crippen molar-refractivity contribution >= 4 is 17.3 Å². The van der Waals surface area contributed by atoms with Crippen molar-refractivity contribution in [3.8, 4) is 0 Å². The molecule has 0 amide bonds. The number of nitrogens with zero attached hydrogens (tertiary/aromatic N) is 3. The minimum atomic E-state index is 0.285. The second-order valence-electron chi connectivity index (χ2n) is 5.64. The third-order valence-electron chi connectivity index (χ3n) is 4.09. The predicted molar refractivity (Wildman–Crippen MR) is 83.5 cm³/mol. The van der Waals surface area contributed by atoms with Crippen LogP contribution in [-0.4, -0.2) is 20.6 Å². The molecule has 1 saturated carbocycles.